The minimum Gasteiger partial charge on any atom is -0.457 e. The molecule has 1 heterocycles. The van der Waals surface area contributed by atoms with Gasteiger partial charge in [-0.1, -0.05) is 18.2 Å². The van der Waals surface area contributed by atoms with E-state index in [0.29, 0.717) is 11.4 Å². The summed E-state index contributed by atoms with van der Waals surface area (Å²) in [5.41, 5.74) is 3.73. The van der Waals surface area contributed by atoms with Gasteiger partial charge < -0.3 is 15.0 Å². The van der Waals surface area contributed by atoms with E-state index in [0.717, 1.165) is 37.4 Å². The molecule has 2 amide bonds. The van der Waals surface area contributed by atoms with E-state index in [1.165, 1.54) is 0 Å². The maximum atomic E-state index is 12.0. The fraction of sp³-hybridized carbons (Fsp3) is 0.250. The van der Waals surface area contributed by atoms with Crippen LogP contribution in [-0.2, 0) is 9.59 Å². The number of amides is 2. The molecule has 2 N–H and O–H groups in total. The fourth-order valence-corrected chi connectivity index (χ4v) is 2.59. The van der Waals surface area contributed by atoms with Crippen LogP contribution in [0.5, 0.6) is 11.5 Å². The Morgan fingerprint density at radius 3 is 2.22 bits per heavy atom. The number of para-hydroxylation sites is 1. The van der Waals surface area contributed by atoms with Gasteiger partial charge in [0.1, 0.15) is 11.5 Å². The van der Waals surface area contributed by atoms with E-state index in [9.17, 15) is 9.59 Å². The molecule has 2 aromatic carbocycles. The van der Waals surface area contributed by atoms with Crippen LogP contribution in [0, 0.1) is 0 Å². The highest BCUT2D eigenvalue weighted by molar-refractivity contribution is 6.39. The molecular formula is C20H22N4O3. The SMILES string of the molecule is CN1CCC(=NNC(=O)C(=O)Nc2ccc(Oc3ccccc3)cc2)CC1. The van der Waals surface area contributed by atoms with Gasteiger partial charge in [0.15, 0.2) is 0 Å². The number of anilines is 1. The third kappa shape index (κ3) is 5.65. The maximum absolute atomic E-state index is 12.0. The van der Waals surface area contributed by atoms with E-state index in [-0.39, 0.29) is 0 Å². The lowest BCUT2D eigenvalue weighted by Gasteiger charge is -2.22. The first-order valence-electron chi connectivity index (χ1n) is 8.78. The van der Waals surface area contributed by atoms with E-state index >= 15 is 0 Å². The first-order chi connectivity index (χ1) is 13.1. The molecule has 1 aliphatic rings. The summed E-state index contributed by atoms with van der Waals surface area (Å²) in [4.78, 5) is 26.1. The van der Waals surface area contributed by atoms with Crippen molar-refractivity contribution in [3.63, 3.8) is 0 Å². The molecule has 0 aliphatic carbocycles. The molecule has 0 bridgehead atoms. The van der Waals surface area contributed by atoms with Gasteiger partial charge in [-0.15, -0.1) is 0 Å². The average Bonchev–Trinajstić information content (AvgIpc) is 2.69. The number of carbonyl (C=O) groups is 2. The molecule has 140 valence electrons. The standard InChI is InChI=1S/C20H22N4O3/c1-24-13-11-16(12-14-24)22-23-20(26)19(25)21-15-7-9-18(10-8-15)27-17-5-3-2-4-6-17/h2-10H,11-14H2,1H3,(H,21,25)(H,23,26). The third-order valence-electron chi connectivity index (χ3n) is 4.18. The smallest absolute Gasteiger partial charge is 0.329 e. The second-order valence-corrected chi connectivity index (χ2v) is 6.32. The van der Waals surface area contributed by atoms with Gasteiger partial charge in [-0.3, -0.25) is 9.59 Å². The molecular weight excluding hydrogens is 344 g/mol. The summed E-state index contributed by atoms with van der Waals surface area (Å²) in [6.45, 7) is 1.80. The van der Waals surface area contributed by atoms with Crippen LogP contribution in [0.25, 0.3) is 0 Å². The van der Waals surface area contributed by atoms with Gasteiger partial charge in [-0.25, -0.2) is 5.43 Å². The van der Waals surface area contributed by atoms with Gasteiger partial charge in [0, 0.05) is 37.3 Å². The first-order valence-corrected chi connectivity index (χ1v) is 8.78. The van der Waals surface area contributed by atoms with E-state index in [1.54, 1.807) is 24.3 Å². The third-order valence-corrected chi connectivity index (χ3v) is 4.18. The van der Waals surface area contributed by atoms with Crippen molar-refractivity contribution in [3.8, 4) is 11.5 Å². The van der Waals surface area contributed by atoms with Crippen LogP contribution in [0.4, 0.5) is 5.69 Å². The maximum Gasteiger partial charge on any atom is 0.329 e. The molecule has 2 aromatic rings. The molecule has 0 spiro atoms. The van der Waals surface area contributed by atoms with E-state index in [4.69, 9.17) is 4.74 Å². The Balaban J connectivity index is 1.50. The fourth-order valence-electron chi connectivity index (χ4n) is 2.59. The van der Waals surface area contributed by atoms with Gasteiger partial charge in [0.25, 0.3) is 0 Å². The van der Waals surface area contributed by atoms with Crippen molar-refractivity contribution >= 4 is 23.2 Å². The molecule has 0 aromatic heterocycles. The lowest BCUT2D eigenvalue weighted by atomic mass is 10.1. The highest BCUT2D eigenvalue weighted by Crippen LogP contribution is 2.22. The van der Waals surface area contributed by atoms with E-state index < -0.39 is 11.8 Å². The molecule has 0 radical (unpaired) electrons. The number of rotatable bonds is 4. The molecule has 0 unspecified atom stereocenters. The number of benzene rings is 2. The van der Waals surface area contributed by atoms with Crippen molar-refractivity contribution in [1.29, 1.82) is 0 Å². The molecule has 3 rings (SSSR count). The summed E-state index contributed by atoms with van der Waals surface area (Å²) < 4.78 is 5.69. The van der Waals surface area contributed by atoms with Gasteiger partial charge in [-0.05, 0) is 43.4 Å². The van der Waals surface area contributed by atoms with Gasteiger partial charge in [0.05, 0.1) is 0 Å². The molecule has 1 aliphatic heterocycles. The van der Waals surface area contributed by atoms with Crippen LogP contribution in [0.2, 0.25) is 0 Å². The quantitative estimate of drug-likeness (QED) is 0.644. The Morgan fingerprint density at radius 1 is 0.926 bits per heavy atom. The number of nitrogens with zero attached hydrogens (tertiary/aromatic N) is 2. The van der Waals surface area contributed by atoms with E-state index in [1.807, 2.05) is 37.4 Å². The van der Waals surface area contributed by atoms with Gasteiger partial charge in [0.2, 0.25) is 0 Å². The number of hydrazone groups is 1. The highest BCUT2D eigenvalue weighted by atomic mass is 16.5. The molecule has 1 saturated heterocycles. The summed E-state index contributed by atoms with van der Waals surface area (Å²) in [6, 6.07) is 16.2. The van der Waals surface area contributed by atoms with Crippen LogP contribution in [0.3, 0.4) is 0 Å². The topological polar surface area (TPSA) is 83.0 Å². The van der Waals surface area contributed by atoms with Crippen molar-refractivity contribution in [2.24, 2.45) is 5.10 Å². The predicted molar refractivity (Wildman–Crippen MR) is 104 cm³/mol. The summed E-state index contributed by atoms with van der Waals surface area (Å²) in [7, 11) is 2.04. The Kier molecular flexibility index (Phi) is 6.17. The number of likely N-dealkylation sites (tertiary alicyclic amines) is 1. The minimum atomic E-state index is -0.786. The number of piperidine rings is 1. The lowest BCUT2D eigenvalue weighted by molar-refractivity contribution is -0.136. The Hall–Kier alpha value is -3.19. The number of nitrogens with one attached hydrogen (secondary N) is 2. The average molecular weight is 366 g/mol. The largest absolute Gasteiger partial charge is 0.457 e. The van der Waals surface area contributed by atoms with Gasteiger partial charge in [-0.2, -0.15) is 5.10 Å². The zero-order valence-electron chi connectivity index (χ0n) is 15.1. The zero-order chi connectivity index (χ0) is 19.1. The number of hydrogen-bond acceptors (Lipinski definition) is 5. The highest BCUT2D eigenvalue weighted by Gasteiger charge is 2.15. The van der Waals surface area contributed by atoms with Crippen molar-refractivity contribution < 1.29 is 14.3 Å². The van der Waals surface area contributed by atoms with Crippen molar-refractivity contribution in [2.75, 3.05) is 25.5 Å². The summed E-state index contributed by atoms with van der Waals surface area (Å²) >= 11 is 0. The Labute approximate surface area is 158 Å². The van der Waals surface area contributed by atoms with E-state index in [2.05, 4.69) is 20.7 Å². The van der Waals surface area contributed by atoms with Crippen LogP contribution in [-0.4, -0.2) is 42.6 Å². The molecule has 0 saturated carbocycles. The van der Waals surface area contributed by atoms with Gasteiger partial charge >= 0.3 is 11.8 Å². The van der Waals surface area contributed by atoms with Crippen LogP contribution in [0.1, 0.15) is 12.8 Å². The molecule has 7 nitrogen and oxygen atoms in total. The lowest BCUT2D eigenvalue weighted by Crippen LogP contribution is -2.35. The van der Waals surface area contributed by atoms with Crippen molar-refractivity contribution in [2.45, 2.75) is 12.8 Å². The van der Waals surface area contributed by atoms with Crippen LogP contribution >= 0.6 is 0 Å². The number of carbonyl (C=O) groups excluding carboxylic acids is 2. The normalized spacial score (nSPS) is 14.3. The van der Waals surface area contributed by atoms with Crippen LogP contribution < -0.4 is 15.5 Å². The summed E-state index contributed by atoms with van der Waals surface area (Å²) in [6.07, 6.45) is 1.59. The molecule has 0 atom stereocenters. The van der Waals surface area contributed by atoms with Crippen molar-refractivity contribution in [1.82, 2.24) is 10.3 Å². The second kappa shape index (κ2) is 8.95. The van der Waals surface area contributed by atoms with Crippen molar-refractivity contribution in [3.05, 3.63) is 54.6 Å². The molecule has 27 heavy (non-hydrogen) atoms. The Bertz CT molecular complexity index is 809. The second-order valence-electron chi connectivity index (χ2n) is 6.32. The predicted octanol–water partition coefficient (Wildman–Crippen LogP) is 2.62. The number of hydrogen-bond donors (Lipinski definition) is 2. The summed E-state index contributed by atoms with van der Waals surface area (Å²) in [5, 5.41) is 6.59. The Morgan fingerprint density at radius 2 is 1.56 bits per heavy atom. The van der Waals surface area contributed by atoms with Crippen LogP contribution in [0.15, 0.2) is 59.7 Å². The monoisotopic (exact) mass is 366 g/mol. The summed E-state index contributed by atoms with van der Waals surface area (Å²) in [5.74, 6) is -0.186. The minimum absolute atomic E-state index is 0.502. The molecule has 1 fully saturated rings. The molecule has 7 heteroatoms. The zero-order valence-corrected chi connectivity index (χ0v) is 15.1. The first kappa shape index (κ1) is 18.6. The number of ether oxygens (including phenoxy) is 1.